The Morgan fingerprint density at radius 2 is 2.60 bits per heavy atom. The molecule has 10 heavy (non-hydrogen) atoms. The zero-order valence-corrected chi connectivity index (χ0v) is 6.34. The van der Waals surface area contributed by atoms with Crippen LogP contribution >= 0.6 is 0 Å². The van der Waals surface area contributed by atoms with Gasteiger partial charge in [-0.05, 0) is 19.9 Å². The first kappa shape index (κ1) is 7.98. The topological polar surface area (TPSA) is 41.5 Å². The molecule has 3 nitrogen and oxygen atoms in total. The van der Waals surface area contributed by atoms with E-state index in [0.29, 0.717) is 6.10 Å². The highest BCUT2D eigenvalue weighted by molar-refractivity contribution is 4.71. The predicted octanol–water partition coefficient (Wildman–Crippen LogP) is -0.254. The van der Waals surface area contributed by atoms with Crippen molar-refractivity contribution in [3.63, 3.8) is 0 Å². The van der Waals surface area contributed by atoms with E-state index in [1.807, 2.05) is 6.92 Å². The monoisotopic (exact) mass is 145 g/mol. The van der Waals surface area contributed by atoms with Gasteiger partial charge in [-0.1, -0.05) is 0 Å². The van der Waals surface area contributed by atoms with Crippen LogP contribution < -0.4 is 5.32 Å². The van der Waals surface area contributed by atoms with Crippen LogP contribution in [0.5, 0.6) is 0 Å². The maximum absolute atomic E-state index is 8.65. The zero-order valence-electron chi connectivity index (χ0n) is 6.34. The minimum atomic E-state index is -0.00935. The standard InChI is InChI=1S/C7H15NO2/c1-6(5-9)10-7-2-3-8-4-7/h6-9H,2-5H2,1H3. The smallest absolute Gasteiger partial charge is 0.0782 e. The van der Waals surface area contributed by atoms with Gasteiger partial charge < -0.3 is 15.2 Å². The fourth-order valence-corrected chi connectivity index (χ4v) is 1.12. The van der Waals surface area contributed by atoms with E-state index >= 15 is 0 Å². The van der Waals surface area contributed by atoms with E-state index in [9.17, 15) is 0 Å². The molecule has 0 aromatic carbocycles. The van der Waals surface area contributed by atoms with Crippen molar-refractivity contribution in [2.45, 2.75) is 25.6 Å². The summed E-state index contributed by atoms with van der Waals surface area (Å²) < 4.78 is 5.45. The van der Waals surface area contributed by atoms with E-state index in [4.69, 9.17) is 9.84 Å². The Kier molecular flexibility index (Phi) is 3.12. The number of rotatable bonds is 3. The third-order valence-electron chi connectivity index (χ3n) is 1.70. The van der Waals surface area contributed by atoms with Gasteiger partial charge in [-0.25, -0.2) is 0 Å². The minimum Gasteiger partial charge on any atom is -0.394 e. The molecule has 0 aromatic heterocycles. The molecule has 0 radical (unpaired) electrons. The van der Waals surface area contributed by atoms with Crippen LogP contribution in [0.3, 0.4) is 0 Å². The average Bonchev–Trinajstić information content (AvgIpc) is 2.40. The van der Waals surface area contributed by atoms with Crippen LogP contribution in [-0.2, 0) is 4.74 Å². The van der Waals surface area contributed by atoms with Gasteiger partial charge in [0.05, 0.1) is 18.8 Å². The third-order valence-corrected chi connectivity index (χ3v) is 1.70. The van der Waals surface area contributed by atoms with Crippen molar-refractivity contribution in [2.75, 3.05) is 19.7 Å². The van der Waals surface area contributed by atoms with E-state index in [1.165, 1.54) is 0 Å². The second-order valence-corrected chi connectivity index (χ2v) is 2.74. The highest BCUT2D eigenvalue weighted by Crippen LogP contribution is 2.05. The molecular weight excluding hydrogens is 130 g/mol. The Balaban J connectivity index is 2.11. The summed E-state index contributed by atoms with van der Waals surface area (Å²) in [6, 6.07) is 0. The number of nitrogens with one attached hydrogen (secondary N) is 1. The first-order chi connectivity index (χ1) is 4.83. The summed E-state index contributed by atoms with van der Waals surface area (Å²) in [6.45, 7) is 3.99. The van der Waals surface area contributed by atoms with Gasteiger partial charge in [0.15, 0.2) is 0 Å². The second kappa shape index (κ2) is 3.91. The summed E-state index contributed by atoms with van der Waals surface area (Å²) in [4.78, 5) is 0. The summed E-state index contributed by atoms with van der Waals surface area (Å²) in [5.41, 5.74) is 0. The highest BCUT2D eigenvalue weighted by atomic mass is 16.5. The molecule has 60 valence electrons. The molecule has 0 saturated carbocycles. The predicted molar refractivity (Wildman–Crippen MR) is 38.9 cm³/mol. The Morgan fingerprint density at radius 3 is 3.10 bits per heavy atom. The Hall–Kier alpha value is -0.120. The second-order valence-electron chi connectivity index (χ2n) is 2.74. The molecule has 0 amide bonds. The molecule has 2 atom stereocenters. The van der Waals surface area contributed by atoms with Crippen LogP contribution in [0.15, 0.2) is 0 Å². The average molecular weight is 145 g/mol. The maximum Gasteiger partial charge on any atom is 0.0782 e. The highest BCUT2D eigenvalue weighted by Gasteiger charge is 2.16. The third kappa shape index (κ3) is 2.25. The fourth-order valence-electron chi connectivity index (χ4n) is 1.12. The lowest BCUT2D eigenvalue weighted by atomic mass is 10.3. The molecule has 0 aromatic rings. The Labute approximate surface area is 61.4 Å². The molecule has 1 saturated heterocycles. The normalized spacial score (nSPS) is 28.8. The minimum absolute atomic E-state index is 0.00935. The van der Waals surface area contributed by atoms with Gasteiger partial charge in [0, 0.05) is 6.54 Å². The van der Waals surface area contributed by atoms with E-state index in [-0.39, 0.29) is 12.7 Å². The zero-order chi connectivity index (χ0) is 7.40. The molecule has 0 bridgehead atoms. The lowest BCUT2D eigenvalue weighted by Gasteiger charge is -2.14. The quantitative estimate of drug-likeness (QED) is 0.575. The van der Waals surface area contributed by atoms with Crippen LogP contribution in [0.2, 0.25) is 0 Å². The first-order valence-electron chi connectivity index (χ1n) is 3.80. The maximum atomic E-state index is 8.65. The number of aliphatic hydroxyl groups is 1. The SMILES string of the molecule is CC(CO)OC1CCNC1. The lowest BCUT2D eigenvalue weighted by Crippen LogP contribution is -2.24. The summed E-state index contributed by atoms with van der Waals surface area (Å²) >= 11 is 0. The van der Waals surface area contributed by atoms with Crippen LogP contribution in [0.1, 0.15) is 13.3 Å². The summed E-state index contributed by atoms with van der Waals surface area (Å²) in [5, 5.41) is 11.8. The number of hydrogen-bond donors (Lipinski definition) is 2. The molecular formula is C7H15NO2. The molecule has 0 spiro atoms. The summed E-state index contributed by atoms with van der Waals surface area (Å²) in [5.74, 6) is 0. The fraction of sp³-hybridized carbons (Fsp3) is 1.00. The molecule has 2 N–H and O–H groups in total. The number of ether oxygens (including phenoxy) is 1. The van der Waals surface area contributed by atoms with Gasteiger partial charge in [-0.3, -0.25) is 0 Å². The van der Waals surface area contributed by atoms with Crippen molar-refractivity contribution in [1.82, 2.24) is 5.32 Å². The van der Waals surface area contributed by atoms with Crippen LogP contribution in [0.25, 0.3) is 0 Å². The first-order valence-corrected chi connectivity index (χ1v) is 3.80. The molecule has 3 heteroatoms. The van der Waals surface area contributed by atoms with Gasteiger partial charge in [0.25, 0.3) is 0 Å². The van der Waals surface area contributed by atoms with E-state index in [1.54, 1.807) is 0 Å². The summed E-state index contributed by atoms with van der Waals surface area (Å²) in [7, 11) is 0. The van der Waals surface area contributed by atoms with Gasteiger partial charge in [0.2, 0.25) is 0 Å². The van der Waals surface area contributed by atoms with Crippen LogP contribution in [0.4, 0.5) is 0 Å². The van der Waals surface area contributed by atoms with Crippen LogP contribution in [0, 0.1) is 0 Å². The molecule has 1 heterocycles. The molecule has 1 aliphatic heterocycles. The van der Waals surface area contributed by atoms with Crippen LogP contribution in [-0.4, -0.2) is 37.0 Å². The van der Waals surface area contributed by atoms with Gasteiger partial charge in [-0.15, -0.1) is 0 Å². The van der Waals surface area contributed by atoms with Crippen molar-refractivity contribution >= 4 is 0 Å². The number of aliphatic hydroxyl groups excluding tert-OH is 1. The van der Waals surface area contributed by atoms with Crippen molar-refractivity contribution in [2.24, 2.45) is 0 Å². The molecule has 1 aliphatic rings. The lowest BCUT2D eigenvalue weighted by molar-refractivity contribution is -0.0195. The van der Waals surface area contributed by atoms with E-state index in [0.717, 1.165) is 19.5 Å². The molecule has 1 rings (SSSR count). The Morgan fingerprint density at radius 1 is 1.80 bits per heavy atom. The van der Waals surface area contributed by atoms with E-state index < -0.39 is 0 Å². The molecule has 0 aliphatic carbocycles. The Bertz CT molecular complexity index is 91.6. The van der Waals surface area contributed by atoms with Gasteiger partial charge >= 0.3 is 0 Å². The van der Waals surface area contributed by atoms with E-state index in [2.05, 4.69) is 5.32 Å². The molecule has 1 fully saturated rings. The summed E-state index contributed by atoms with van der Waals surface area (Å²) in [6.07, 6.45) is 1.39. The number of hydrogen-bond acceptors (Lipinski definition) is 3. The van der Waals surface area contributed by atoms with Crippen molar-refractivity contribution in [3.05, 3.63) is 0 Å². The van der Waals surface area contributed by atoms with Crippen molar-refractivity contribution in [3.8, 4) is 0 Å². The molecule has 2 unspecified atom stereocenters. The van der Waals surface area contributed by atoms with Crippen molar-refractivity contribution in [1.29, 1.82) is 0 Å². The van der Waals surface area contributed by atoms with Crippen molar-refractivity contribution < 1.29 is 9.84 Å². The largest absolute Gasteiger partial charge is 0.394 e. The van der Waals surface area contributed by atoms with Gasteiger partial charge in [0.1, 0.15) is 0 Å². The van der Waals surface area contributed by atoms with Gasteiger partial charge in [-0.2, -0.15) is 0 Å².